The van der Waals surface area contributed by atoms with Crippen molar-refractivity contribution in [3.8, 4) is 0 Å². The Labute approximate surface area is 264 Å². The maximum absolute atomic E-state index is 13.0. The van der Waals surface area contributed by atoms with Gasteiger partial charge in [0.2, 0.25) is 17.7 Å². The molecule has 256 valence electrons. The van der Waals surface area contributed by atoms with Crippen molar-refractivity contribution in [1.82, 2.24) is 20.4 Å². The van der Waals surface area contributed by atoms with Gasteiger partial charge in [-0.3, -0.25) is 14.4 Å². The molecule has 0 aromatic rings. The number of hydrogen-bond acceptors (Lipinski definition) is 9. The predicted octanol–water partition coefficient (Wildman–Crippen LogP) is 1.52. The number of carbonyl (C=O) groups is 3. The number of ether oxygens (including phenoxy) is 3. The summed E-state index contributed by atoms with van der Waals surface area (Å²) in [6.45, 7) is 12.5. The van der Waals surface area contributed by atoms with Crippen LogP contribution < -0.4 is 10.6 Å². The van der Waals surface area contributed by atoms with Crippen molar-refractivity contribution in [2.24, 2.45) is 17.8 Å². The Morgan fingerprint density at radius 3 is 2.55 bits per heavy atom. The van der Waals surface area contributed by atoms with Gasteiger partial charge in [0, 0.05) is 58.1 Å². The predicted molar refractivity (Wildman–Crippen MR) is 168 cm³/mol. The second-order valence-electron chi connectivity index (χ2n) is 13.5. The van der Waals surface area contributed by atoms with Crippen LogP contribution in [0, 0.1) is 17.8 Å². The van der Waals surface area contributed by atoms with Gasteiger partial charge < -0.3 is 44.9 Å². The maximum Gasteiger partial charge on any atom is 0.225 e. The van der Waals surface area contributed by atoms with E-state index >= 15 is 0 Å². The number of rotatable bonds is 9. The van der Waals surface area contributed by atoms with Gasteiger partial charge in [-0.1, -0.05) is 27.7 Å². The average molecular weight is 629 g/mol. The highest BCUT2D eigenvalue weighted by molar-refractivity contribution is 5.79. The van der Waals surface area contributed by atoms with Crippen LogP contribution in [0.5, 0.6) is 0 Å². The SMILES string of the molecule is CCC(=O)NCCCO[C@H]1[C@H](O[C@@H]2[C@@H](C)[C@H](O)[C@@H](C)C(=O)NCCCC(=O)N(C)C[C@H](C)C[C@@]2(C)O)O[C@H](C)C[C@@H]1N(C)C. The Balaban J connectivity index is 2.39. The quantitative estimate of drug-likeness (QED) is 0.279. The summed E-state index contributed by atoms with van der Waals surface area (Å²) in [6.07, 6.45) is -0.772. The third-order valence-corrected chi connectivity index (χ3v) is 9.00. The maximum atomic E-state index is 13.0. The number of nitrogens with zero attached hydrogens (tertiary/aromatic N) is 2. The number of carbonyl (C=O) groups excluding carboxylic acids is 3. The van der Waals surface area contributed by atoms with Crippen LogP contribution in [0.1, 0.15) is 80.1 Å². The zero-order chi connectivity index (χ0) is 33.2. The zero-order valence-electron chi connectivity index (χ0n) is 28.5. The molecule has 0 spiro atoms. The standard InChI is InChI=1S/C32H60N4O8/c1-10-25(37)33-15-12-16-42-28-24(35(7)8)17-21(3)43-31(28)44-29-22(4)27(39)23(5)30(40)34-14-11-13-26(38)36(9)19-20(2)18-32(29,6)41/h20-24,27-29,31,39,41H,10-19H2,1-9H3,(H,33,37)(H,34,40)/t20-,21-,22+,23-,24+,27+,28-,29-,31+,32-/m1/s1. The van der Waals surface area contributed by atoms with E-state index in [1.165, 1.54) is 0 Å². The lowest BCUT2D eigenvalue weighted by molar-refractivity contribution is -0.306. The molecule has 44 heavy (non-hydrogen) atoms. The lowest BCUT2D eigenvalue weighted by atomic mass is 9.78. The second kappa shape index (κ2) is 17.8. The van der Waals surface area contributed by atoms with Gasteiger partial charge in [0.15, 0.2) is 6.29 Å². The van der Waals surface area contributed by atoms with Crippen LogP contribution in [0.25, 0.3) is 0 Å². The summed E-state index contributed by atoms with van der Waals surface area (Å²) in [5.74, 6) is -1.88. The number of likely N-dealkylation sites (N-methyl/N-ethyl adjacent to an activating group) is 1. The molecular weight excluding hydrogens is 568 g/mol. The molecule has 0 unspecified atom stereocenters. The van der Waals surface area contributed by atoms with Crippen molar-refractivity contribution in [3.63, 3.8) is 0 Å². The molecule has 2 fully saturated rings. The molecule has 2 aliphatic rings. The number of aliphatic hydroxyl groups is 2. The lowest BCUT2D eigenvalue weighted by Gasteiger charge is -2.48. The molecule has 0 bridgehead atoms. The Bertz CT molecular complexity index is 919. The van der Waals surface area contributed by atoms with Gasteiger partial charge in [-0.2, -0.15) is 0 Å². The van der Waals surface area contributed by atoms with Gasteiger partial charge in [0.25, 0.3) is 0 Å². The molecular formula is C32H60N4O8. The normalized spacial score (nSPS) is 36.8. The topological polar surface area (TPSA) is 150 Å². The Kier molecular flexibility index (Phi) is 15.5. The van der Waals surface area contributed by atoms with E-state index in [2.05, 4.69) is 15.5 Å². The summed E-state index contributed by atoms with van der Waals surface area (Å²) >= 11 is 0. The first-order valence-corrected chi connectivity index (χ1v) is 16.4. The van der Waals surface area contributed by atoms with Gasteiger partial charge in [-0.15, -0.1) is 0 Å². The number of aliphatic hydroxyl groups excluding tert-OH is 1. The average Bonchev–Trinajstić information content (AvgIpc) is 2.95. The first-order chi connectivity index (χ1) is 20.6. The van der Waals surface area contributed by atoms with Crippen LogP contribution in [0.3, 0.4) is 0 Å². The van der Waals surface area contributed by atoms with Crippen molar-refractivity contribution in [2.45, 2.75) is 122 Å². The van der Waals surface area contributed by atoms with Crippen molar-refractivity contribution in [2.75, 3.05) is 47.4 Å². The summed E-state index contributed by atoms with van der Waals surface area (Å²) in [5.41, 5.74) is -1.45. The van der Waals surface area contributed by atoms with Crippen molar-refractivity contribution in [3.05, 3.63) is 0 Å². The monoisotopic (exact) mass is 628 g/mol. The minimum atomic E-state index is -1.45. The highest BCUT2D eigenvalue weighted by atomic mass is 16.7. The fraction of sp³-hybridized carbons (Fsp3) is 0.906. The van der Waals surface area contributed by atoms with Gasteiger partial charge in [-0.25, -0.2) is 0 Å². The van der Waals surface area contributed by atoms with E-state index in [4.69, 9.17) is 14.2 Å². The third-order valence-electron chi connectivity index (χ3n) is 9.00. The fourth-order valence-corrected chi connectivity index (χ4v) is 6.50. The highest BCUT2D eigenvalue weighted by Crippen LogP contribution is 2.36. The number of amides is 3. The first kappa shape index (κ1) is 38.4. The molecule has 12 heteroatoms. The summed E-state index contributed by atoms with van der Waals surface area (Å²) in [7, 11) is 5.70. The number of hydrogen-bond donors (Lipinski definition) is 4. The minimum Gasteiger partial charge on any atom is -0.392 e. The van der Waals surface area contributed by atoms with Gasteiger partial charge in [-0.05, 0) is 59.5 Å². The van der Waals surface area contributed by atoms with Crippen molar-refractivity contribution in [1.29, 1.82) is 0 Å². The first-order valence-electron chi connectivity index (χ1n) is 16.4. The fourth-order valence-electron chi connectivity index (χ4n) is 6.50. The molecule has 10 atom stereocenters. The largest absolute Gasteiger partial charge is 0.392 e. The molecule has 12 nitrogen and oxygen atoms in total. The molecule has 0 aromatic carbocycles. The molecule has 0 saturated carbocycles. The van der Waals surface area contributed by atoms with Gasteiger partial charge >= 0.3 is 0 Å². The highest BCUT2D eigenvalue weighted by Gasteiger charge is 2.48. The molecule has 2 saturated heterocycles. The molecule has 2 heterocycles. The summed E-state index contributed by atoms with van der Waals surface area (Å²) in [5, 5.41) is 29.2. The molecule has 0 aliphatic carbocycles. The van der Waals surface area contributed by atoms with E-state index in [0.29, 0.717) is 58.3 Å². The Morgan fingerprint density at radius 1 is 1.23 bits per heavy atom. The zero-order valence-corrected chi connectivity index (χ0v) is 28.5. The number of nitrogens with one attached hydrogen (secondary N) is 2. The minimum absolute atomic E-state index is 0.0147. The van der Waals surface area contributed by atoms with E-state index in [0.717, 1.165) is 0 Å². The molecule has 0 radical (unpaired) electrons. The third kappa shape index (κ3) is 11.2. The van der Waals surface area contributed by atoms with Crippen LogP contribution >= 0.6 is 0 Å². The second-order valence-corrected chi connectivity index (χ2v) is 13.5. The smallest absolute Gasteiger partial charge is 0.225 e. The van der Waals surface area contributed by atoms with Crippen LogP contribution in [-0.2, 0) is 28.6 Å². The molecule has 2 rings (SSSR count). The van der Waals surface area contributed by atoms with Crippen LogP contribution in [0.15, 0.2) is 0 Å². The van der Waals surface area contributed by atoms with Crippen molar-refractivity contribution >= 4 is 17.7 Å². The Morgan fingerprint density at radius 2 is 1.91 bits per heavy atom. The summed E-state index contributed by atoms with van der Waals surface area (Å²) in [4.78, 5) is 41.1. The summed E-state index contributed by atoms with van der Waals surface area (Å²) < 4.78 is 19.4. The molecule has 0 aromatic heterocycles. The molecule has 4 N–H and O–H groups in total. The van der Waals surface area contributed by atoms with Gasteiger partial charge in [0.05, 0.1) is 29.8 Å². The van der Waals surface area contributed by atoms with E-state index in [9.17, 15) is 24.6 Å². The van der Waals surface area contributed by atoms with E-state index in [1.54, 1.807) is 39.6 Å². The van der Waals surface area contributed by atoms with Gasteiger partial charge in [0.1, 0.15) is 6.10 Å². The van der Waals surface area contributed by atoms with Crippen molar-refractivity contribution < 1.29 is 38.8 Å². The van der Waals surface area contributed by atoms with E-state index in [1.807, 2.05) is 27.9 Å². The van der Waals surface area contributed by atoms with E-state index < -0.39 is 42.0 Å². The van der Waals surface area contributed by atoms with E-state index in [-0.39, 0.29) is 42.2 Å². The van der Waals surface area contributed by atoms with Crippen LogP contribution in [-0.4, -0.2) is 127 Å². The summed E-state index contributed by atoms with van der Waals surface area (Å²) in [6, 6.07) is -0.0512. The lowest BCUT2D eigenvalue weighted by Crippen LogP contribution is -2.60. The Hall–Kier alpha value is -1.83. The van der Waals surface area contributed by atoms with Crippen LogP contribution in [0.2, 0.25) is 0 Å². The molecule has 2 aliphatic heterocycles. The molecule has 3 amide bonds. The van der Waals surface area contributed by atoms with Crippen LogP contribution in [0.4, 0.5) is 0 Å².